The first-order chi connectivity index (χ1) is 14.3. The highest BCUT2D eigenvalue weighted by Gasteiger charge is 2.47. The standard InChI is InChI=1S/C22H34O8Si/c1-13(23)28-21-16(12-17(24)27-5)29-20(18(25)19(21)26)14-8-10-15(11-9-14)30-31(6,7)22(2,3)4/h8-11,16,18-21,25-26H,12H2,1-7H3/t16-,18+,19-,20-,21-/m1/s1. The fourth-order valence-electron chi connectivity index (χ4n) is 3.14. The van der Waals surface area contributed by atoms with Crippen LogP contribution in [0.2, 0.25) is 18.1 Å². The second kappa shape index (κ2) is 9.68. The van der Waals surface area contributed by atoms with E-state index in [1.54, 1.807) is 24.3 Å². The third kappa shape index (κ3) is 6.06. The summed E-state index contributed by atoms with van der Waals surface area (Å²) in [5.41, 5.74) is 0.602. The van der Waals surface area contributed by atoms with Gasteiger partial charge in [0, 0.05) is 6.92 Å². The van der Waals surface area contributed by atoms with Crippen molar-refractivity contribution >= 4 is 20.3 Å². The van der Waals surface area contributed by atoms with Crippen molar-refractivity contribution in [3.8, 4) is 5.75 Å². The van der Waals surface area contributed by atoms with Crippen molar-refractivity contribution in [2.75, 3.05) is 7.11 Å². The molecule has 1 aromatic rings. The number of hydrogen-bond acceptors (Lipinski definition) is 8. The number of hydrogen-bond donors (Lipinski definition) is 2. The van der Waals surface area contributed by atoms with Crippen LogP contribution in [0.3, 0.4) is 0 Å². The molecule has 1 fully saturated rings. The Labute approximate surface area is 184 Å². The van der Waals surface area contributed by atoms with Crippen LogP contribution in [0, 0.1) is 0 Å². The van der Waals surface area contributed by atoms with Crippen molar-refractivity contribution < 1.29 is 38.4 Å². The predicted octanol–water partition coefficient (Wildman–Crippen LogP) is 2.73. The van der Waals surface area contributed by atoms with Crippen LogP contribution in [0.1, 0.15) is 45.8 Å². The van der Waals surface area contributed by atoms with Gasteiger partial charge in [0.25, 0.3) is 0 Å². The summed E-state index contributed by atoms with van der Waals surface area (Å²) in [6.07, 6.45) is -6.10. The lowest BCUT2D eigenvalue weighted by atomic mass is 9.90. The molecule has 5 atom stereocenters. The van der Waals surface area contributed by atoms with Crippen molar-refractivity contribution in [2.24, 2.45) is 0 Å². The summed E-state index contributed by atoms with van der Waals surface area (Å²) >= 11 is 0. The van der Waals surface area contributed by atoms with Gasteiger partial charge in [0.1, 0.15) is 30.2 Å². The molecule has 1 aliphatic rings. The predicted molar refractivity (Wildman–Crippen MR) is 116 cm³/mol. The first-order valence-electron chi connectivity index (χ1n) is 10.3. The van der Waals surface area contributed by atoms with Gasteiger partial charge < -0.3 is 28.8 Å². The lowest BCUT2D eigenvalue weighted by molar-refractivity contribution is -0.236. The summed E-state index contributed by atoms with van der Waals surface area (Å²) in [7, 11) is -0.774. The van der Waals surface area contributed by atoms with Gasteiger partial charge in [-0.15, -0.1) is 0 Å². The average molecular weight is 455 g/mol. The van der Waals surface area contributed by atoms with Crippen LogP contribution in [-0.2, 0) is 23.8 Å². The van der Waals surface area contributed by atoms with E-state index in [2.05, 4.69) is 38.6 Å². The Morgan fingerprint density at radius 3 is 2.16 bits per heavy atom. The normalized spacial score (nSPS) is 26.8. The summed E-state index contributed by atoms with van der Waals surface area (Å²) < 4.78 is 22.0. The van der Waals surface area contributed by atoms with Gasteiger partial charge in [-0.25, -0.2) is 0 Å². The Kier molecular flexibility index (Phi) is 7.91. The fraction of sp³-hybridized carbons (Fsp3) is 0.636. The summed E-state index contributed by atoms with van der Waals surface area (Å²) in [4.78, 5) is 23.2. The molecule has 9 heteroatoms. The minimum atomic E-state index is -2.01. The van der Waals surface area contributed by atoms with Crippen LogP contribution in [0.4, 0.5) is 0 Å². The number of methoxy groups -OCH3 is 1. The van der Waals surface area contributed by atoms with Crippen LogP contribution in [-0.4, -0.2) is 62.0 Å². The number of benzene rings is 1. The van der Waals surface area contributed by atoms with E-state index in [0.29, 0.717) is 11.3 Å². The van der Waals surface area contributed by atoms with Gasteiger partial charge in [0.15, 0.2) is 6.10 Å². The van der Waals surface area contributed by atoms with Gasteiger partial charge in [-0.1, -0.05) is 32.9 Å². The van der Waals surface area contributed by atoms with Crippen LogP contribution >= 0.6 is 0 Å². The Morgan fingerprint density at radius 2 is 1.68 bits per heavy atom. The third-order valence-corrected chi connectivity index (χ3v) is 10.3. The van der Waals surface area contributed by atoms with Gasteiger partial charge in [0.2, 0.25) is 8.32 Å². The maximum absolute atomic E-state index is 11.8. The molecule has 174 valence electrons. The van der Waals surface area contributed by atoms with Gasteiger partial charge in [-0.2, -0.15) is 0 Å². The second-order valence-corrected chi connectivity index (χ2v) is 14.1. The topological polar surface area (TPSA) is 112 Å². The van der Waals surface area contributed by atoms with Gasteiger partial charge in [-0.05, 0) is 35.8 Å². The minimum absolute atomic E-state index is 0.0469. The molecule has 8 nitrogen and oxygen atoms in total. The smallest absolute Gasteiger partial charge is 0.308 e. The van der Waals surface area contributed by atoms with E-state index in [4.69, 9.17) is 13.9 Å². The van der Waals surface area contributed by atoms with E-state index in [9.17, 15) is 19.8 Å². The lowest BCUT2D eigenvalue weighted by Gasteiger charge is -2.42. The minimum Gasteiger partial charge on any atom is -0.544 e. The molecule has 0 saturated carbocycles. The highest BCUT2D eigenvalue weighted by atomic mass is 28.4. The fourth-order valence-corrected chi connectivity index (χ4v) is 4.17. The Hall–Kier alpha value is -1.94. The molecule has 0 bridgehead atoms. The van der Waals surface area contributed by atoms with Crippen molar-refractivity contribution in [3.63, 3.8) is 0 Å². The first kappa shape index (κ1) is 25.3. The molecular formula is C22H34O8Si. The number of aliphatic hydroxyl groups is 2. The highest BCUT2D eigenvalue weighted by Crippen LogP contribution is 2.39. The van der Waals surface area contributed by atoms with E-state index >= 15 is 0 Å². The van der Waals surface area contributed by atoms with E-state index in [0.717, 1.165) is 0 Å². The number of esters is 2. The van der Waals surface area contributed by atoms with Crippen LogP contribution in [0.15, 0.2) is 24.3 Å². The van der Waals surface area contributed by atoms with Crippen molar-refractivity contribution in [2.45, 2.75) is 82.8 Å². The molecule has 0 spiro atoms. The first-order valence-corrected chi connectivity index (χ1v) is 13.2. The summed E-state index contributed by atoms with van der Waals surface area (Å²) in [6, 6.07) is 7.10. The van der Waals surface area contributed by atoms with Crippen molar-refractivity contribution in [3.05, 3.63) is 29.8 Å². The number of aliphatic hydroxyl groups excluding tert-OH is 2. The molecule has 0 radical (unpaired) electrons. The Balaban J connectivity index is 2.24. The van der Waals surface area contributed by atoms with Crippen LogP contribution < -0.4 is 4.43 Å². The molecule has 0 unspecified atom stereocenters. The highest BCUT2D eigenvalue weighted by molar-refractivity contribution is 6.74. The summed E-state index contributed by atoms with van der Waals surface area (Å²) in [6.45, 7) is 11.9. The van der Waals surface area contributed by atoms with E-state index in [1.807, 2.05) is 0 Å². The van der Waals surface area contributed by atoms with Crippen molar-refractivity contribution in [1.29, 1.82) is 0 Å². The zero-order valence-electron chi connectivity index (χ0n) is 19.2. The number of carbonyl (C=O) groups excluding carboxylic acids is 2. The molecule has 1 saturated heterocycles. The molecule has 0 amide bonds. The third-order valence-electron chi connectivity index (χ3n) is 5.97. The van der Waals surface area contributed by atoms with Crippen molar-refractivity contribution in [1.82, 2.24) is 0 Å². The van der Waals surface area contributed by atoms with E-state index < -0.39 is 50.8 Å². The van der Waals surface area contributed by atoms with Crippen LogP contribution in [0.5, 0.6) is 5.75 Å². The molecule has 0 aromatic heterocycles. The molecular weight excluding hydrogens is 420 g/mol. The maximum Gasteiger partial charge on any atom is 0.308 e. The zero-order valence-corrected chi connectivity index (χ0v) is 20.2. The number of rotatable bonds is 6. The lowest BCUT2D eigenvalue weighted by Crippen LogP contribution is -2.56. The van der Waals surface area contributed by atoms with Gasteiger partial charge in [-0.3, -0.25) is 9.59 Å². The average Bonchev–Trinajstić information content (AvgIpc) is 2.66. The molecule has 2 rings (SSSR count). The maximum atomic E-state index is 11.8. The Morgan fingerprint density at radius 1 is 1.10 bits per heavy atom. The quantitative estimate of drug-likeness (QED) is 0.499. The number of ether oxygens (including phenoxy) is 3. The molecule has 1 aromatic carbocycles. The van der Waals surface area contributed by atoms with Crippen LogP contribution in [0.25, 0.3) is 0 Å². The van der Waals surface area contributed by atoms with Gasteiger partial charge >= 0.3 is 11.9 Å². The molecule has 1 aliphatic heterocycles. The van der Waals surface area contributed by atoms with Gasteiger partial charge in [0.05, 0.1) is 13.5 Å². The van der Waals surface area contributed by atoms with E-state index in [-0.39, 0.29) is 11.5 Å². The molecule has 0 aliphatic carbocycles. The SMILES string of the molecule is COC(=O)C[C@H]1O[C@H](c2ccc(O[Si](C)(C)C(C)(C)C)cc2)[C@@H](O)[C@@H](O)[C@@H]1OC(C)=O. The summed E-state index contributed by atoms with van der Waals surface area (Å²) in [5.74, 6) is -0.520. The van der Waals surface area contributed by atoms with E-state index in [1.165, 1.54) is 14.0 Å². The monoisotopic (exact) mass is 454 g/mol. The Bertz CT molecular complexity index is 771. The number of carbonyl (C=O) groups is 2. The zero-order chi connectivity index (χ0) is 23.6. The largest absolute Gasteiger partial charge is 0.544 e. The summed E-state index contributed by atoms with van der Waals surface area (Å²) in [5, 5.41) is 21.3. The molecule has 31 heavy (non-hydrogen) atoms. The molecule has 1 heterocycles. The molecule has 2 N–H and O–H groups in total. The second-order valence-electron chi connectivity index (χ2n) is 9.36.